The molecule has 1 aromatic carbocycles. The fourth-order valence-electron chi connectivity index (χ4n) is 5.30. The lowest BCUT2D eigenvalue weighted by atomic mass is 10.0. The van der Waals surface area contributed by atoms with Gasteiger partial charge in [-0.1, -0.05) is 29.8 Å². The highest BCUT2D eigenvalue weighted by atomic mass is 35.5. The van der Waals surface area contributed by atoms with Crippen molar-refractivity contribution in [2.75, 3.05) is 38.2 Å². The van der Waals surface area contributed by atoms with Crippen LogP contribution in [0, 0.1) is 6.92 Å². The summed E-state index contributed by atoms with van der Waals surface area (Å²) in [6.07, 6.45) is 5.10. The van der Waals surface area contributed by atoms with Crippen LogP contribution in [0.15, 0.2) is 53.5 Å². The molecule has 2 aliphatic rings. The fourth-order valence-corrected chi connectivity index (χ4v) is 5.59. The molecule has 0 aliphatic carbocycles. The number of ether oxygens (including phenoxy) is 1. The lowest BCUT2D eigenvalue weighted by Crippen LogP contribution is -2.30. The minimum absolute atomic E-state index is 0.103. The second-order valence-electron chi connectivity index (χ2n) is 10.1. The molecule has 3 aromatic heterocycles. The van der Waals surface area contributed by atoms with Crippen molar-refractivity contribution in [1.29, 1.82) is 0 Å². The van der Waals surface area contributed by atoms with Gasteiger partial charge in [-0.2, -0.15) is 4.98 Å². The molecule has 9 heteroatoms. The first kappa shape index (κ1) is 25.0. The molecule has 2 aliphatic heterocycles. The highest BCUT2D eigenvalue weighted by molar-refractivity contribution is 6.33. The van der Waals surface area contributed by atoms with Crippen LogP contribution in [0.3, 0.4) is 0 Å². The van der Waals surface area contributed by atoms with Crippen molar-refractivity contribution in [1.82, 2.24) is 24.4 Å². The van der Waals surface area contributed by atoms with E-state index in [-0.39, 0.29) is 11.6 Å². The first-order valence-corrected chi connectivity index (χ1v) is 13.6. The molecule has 1 N–H and O–H groups in total. The van der Waals surface area contributed by atoms with Crippen molar-refractivity contribution < 1.29 is 4.74 Å². The number of pyridine rings is 2. The number of aryl methyl sites for hydroxylation is 1. The van der Waals surface area contributed by atoms with Gasteiger partial charge in [-0.05, 0) is 63.5 Å². The maximum atomic E-state index is 14.0. The van der Waals surface area contributed by atoms with Gasteiger partial charge in [0.25, 0.3) is 5.56 Å². The van der Waals surface area contributed by atoms with Crippen LogP contribution < -0.4 is 10.9 Å². The number of aromatic nitrogens is 4. The lowest BCUT2D eigenvalue weighted by Gasteiger charge is -2.18. The number of likely N-dealkylation sites (tertiary alicyclic amines) is 1. The standard InChI is InChI=1S/C29H31ClN6O2/c1-19-5-4-6-26(32-19)20-7-8-23(25(30)16-20)24-15-21-17-31-29(33-22-9-14-38-18-22)34-27(21)36(28(24)37)13-12-35-10-2-3-11-35/h4-8,15-17,22H,2-3,9-14,18H2,1H3,(H,31,33,34)/t22-/m1/s1. The number of halogens is 1. The van der Waals surface area contributed by atoms with Gasteiger partial charge in [0.05, 0.1) is 18.3 Å². The Hall–Kier alpha value is -3.33. The molecular formula is C29H31ClN6O2. The van der Waals surface area contributed by atoms with E-state index < -0.39 is 0 Å². The number of hydrogen-bond donors (Lipinski definition) is 1. The van der Waals surface area contributed by atoms with Gasteiger partial charge in [0.15, 0.2) is 0 Å². The second-order valence-corrected chi connectivity index (χ2v) is 10.5. The Labute approximate surface area is 226 Å². The maximum Gasteiger partial charge on any atom is 0.260 e. The molecule has 5 heterocycles. The first-order chi connectivity index (χ1) is 18.5. The van der Waals surface area contributed by atoms with E-state index in [4.69, 9.17) is 21.3 Å². The summed E-state index contributed by atoms with van der Waals surface area (Å²) >= 11 is 6.79. The highest BCUT2D eigenvalue weighted by Crippen LogP contribution is 2.31. The molecule has 1 atom stereocenters. The largest absolute Gasteiger partial charge is 0.379 e. The summed E-state index contributed by atoms with van der Waals surface area (Å²) in [6.45, 7) is 6.81. The molecule has 2 fully saturated rings. The number of nitrogens with one attached hydrogen (secondary N) is 1. The molecule has 6 rings (SSSR count). The highest BCUT2D eigenvalue weighted by Gasteiger charge is 2.20. The molecule has 0 amide bonds. The normalized spacial score (nSPS) is 17.9. The molecule has 0 bridgehead atoms. The van der Waals surface area contributed by atoms with Gasteiger partial charge in [0.1, 0.15) is 5.65 Å². The SMILES string of the molecule is Cc1cccc(-c2ccc(-c3cc4cnc(N[C@@H]5CCOC5)nc4n(CCN4CCCC4)c3=O)c(Cl)c2)n1. The third kappa shape index (κ3) is 5.16. The molecule has 0 unspecified atom stereocenters. The molecule has 196 valence electrons. The minimum atomic E-state index is -0.103. The van der Waals surface area contributed by atoms with Gasteiger partial charge in [-0.15, -0.1) is 0 Å². The summed E-state index contributed by atoms with van der Waals surface area (Å²) in [4.78, 5) is 30.3. The predicted molar refractivity (Wildman–Crippen MR) is 151 cm³/mol. The summed E-state index contributed by atoms with van der Waals surface area (Å²) in [6, 6.07) is 13.7. The van der Waals surface area contributed by atoms with Crippen molar-refractivity contribution in [3.63, 3.8) is 0 Å². The van der Waals surface area contributed by atoms with Crippen LogP contribution in [-0.2, 0) is 11.3 Å². The Bertz CT molecular complexity index is 1530. The van der Waals surface area contributed by atoms with Gasteiger partial charge in [-0.3, -0.25) is 14.3 Å². The average Bonchev–Trinajstić information content (AvgIpc) is 3.63. The number of fused-ring (bicyclic) bond motifs is 1. The van der Waals surface area contributed by atoms with Crippen LogP contribution in [0.25, 0.3) is 33.4 Å². The molecule has 0 saturated carbocycles. The topological polar surface area (TPSA) is 85.2 Å². The number of nitrogens with zero attached hydrogens (tertiary/aromatic N) is 5. The van der Waals surface area contributed by atoms with E-state index in [9.17, 15) is 4.79 Å². The third-order valence-electron chi connectivity index (χ3n) is 7.37. The Balaban J connectivity index is 1.41. The van der Waals surface area contributed by atoms with E-state index in [1.165, 1.54) is 12.8 Å². The van der Waals surface area contributed by atoms with E-state index in [0.29, 0.717) is 40.9 Å². The third-order valence-corrected chi connectivity index (χ3v) is 7.68. The lowest BCUT2D eigenvalue weighted by molar-refractivity contribution is 0.195. The van der Waals surface area contributed by atoms with E-state index in [2.05, 4.69) is 20.2 Å². The maximum absolute atomic E-state index is 14.0. The number of benzene rings is 1. The summed E-state index contributed by atoms with van der Waals surface area (Å²) in [5.41, 5.74) is 4.46. The molecular weight excluding hydrogens is 500 g/mol. The van der Waals surface area contributed by atoms with Crippen molar-refractivity contribution in [2.45, 2.75) is 38.8 Å². The van der Waals surface area contributed by atoms with Crippen LogP contribution >= 0.6 is 11.6 Å². The monoisotopic (exact) mass is 530 g/mol. The van der Waals surface area contributed by atoms with E-state index in [1.54, 1.807) is 10.8 Å². The van der Waals surface area contributed by atoms with Crippen LogP contribution in [0.4, 0.5) is 5.95 Å². The summed E-state index contributed by atoms with van der Waals surface area (Å²) < 4.78 is 7.26. The van der Waals surface area contributed by atoms with Crippen LogP contribution in [-0.4, -0.2) is 63.3 Å². The van der Waals surface area contributed by atoms with Gasteiger partial charge < -0.3 is 15.0 Å². The van der Waals surface area contributed by atoms with Gasteiger partial charge in [0, 0.05) is 58.7 Å². The van der Waals surface area contributed by atoms with Gasteiger partial charge in [-0.25, -0.2) is 4.98 Å². The van der Waals surface area contributed by atoms with Crippen LogP contribution in [0.2, 0.25) is 5.02 Å². The zero-order chi connectivity index (χ0) is 26.1. The molecule has 0 spiro atoms. The van der Waals surface area contributed by atoms with Crippen LogP contribution in [0.1, 0.15) is 25.0 Å². The van der Waals surface area contributed by atoms with E-state index in [1.807, 2.05) is 49.4 Å². The Kier molecular flexibility index (Phi) is 7.10. The van der Waals surface area contributed by atoms with E-state index >= 15 is 0 Å². The summed E-state index contributed by atoms with van der Waals surface area (Å²) in [5.74, 6) is 0.517. The fraction of sp³-hybridized carbons (Fsp3) is 0.379. The predicted octanol–water partition coefficient (Wildman–Crippen LogP) is 4.78. The molecule has 2 saturated heterocycles. The van der Waals surface area contributed by atoms with Crippen molar-refractivity contribution in [2.24, 2.45) is 0 Å². The van der Waals surface area contributed by atoms with Crippen molar-refractivity contribution in [3.8, 4) is 22.4 Å². The van der Waals surface area contributed by atoms with Crippen LogP contribution in [0.5, 0.6) is 0 Å². The second kappa shape index (κ2) is 10.8. The Morgan fingerprint density at radius 3 is 2.71 bits per heavy atom. The zero-order valence-electron chi connectivity index (χ0n) is 21.5. The zero-order valence-corrected chi connectivity index (χ0v) is 22.2. The van der Waals surface area contributed by atoms with Gasteiger partial charge >= 0.3 is 0 Å². The van der Waals surface area contributed by atoms with Crippen molar-refractivity contribution in [3.05, 3.63) is 69.7 Å². The number of rotatable bonds is 7. The quantitative estimate of drug-likeness (QED) is 0.368. The Morgan fingerprint density at radius 1 is 1.08 bits per heavy atom. The smallest absolute Gasteiger partial charge is 0.260 e. The Morgan fingerprint density at radius 2 is 1.95 bits per heavy atom. The molecule has 4 aromatic rings. The first-order valence-electron chi connectivity index (χ1n) is 13.3. The molecule has 38 heavy (non-hydrogen) atoms. The average molecular weight is 531 g/mol. The number of anilines is 1. The minimum Gasteiger partial charge on any atom is -0.379 e. The molecule has 8 nitrogen and oxygen atoms in total. The summed E-state index contributed by atoms with van der Waals surface area (Å²) in [5, 5.41) is 4.67. The van der Waals surface area contributed by atoms with Gasteiger partial charge in [0.2, 0.25) is 5.95 Å². The van der Waals surface area contributed by atoms with Crippen molar-refractivity contribution >= 4 is 28.6 Å². The molecule has 0 radical (unpaired) electrons. The summed E-state index contributed by atoms with van der Waals surface area (Å²) in [7, 11) is 0. The number of hydrogen-bond acceptors (Lipinski definition) is 7. The van der Waals surface area contributed by atoms with E-state index in [0.717, 1.165) is 55.0 Å².